The highest BCUT2D eigenvalue weighted by Gasteiger charge is 2.42. The van der Waals surface area contributed by atoms with E-state index in [-0.39, 0.29) is 12.1 Å². The molecule has 2 N–H and O–H groups in total. The molecule has 0 unspecified atom stereocenters. The largest absolute Gasteiger partial charge is 0.328 e. The number of rotatable bonds is 6. The van der Waals surface area contributed by atoms with E-state index in [0.29, 0.717) is 4.90 Å². The summed E-state index contributed by atoms with van der Waals surface area (Å²) in [7, 11) is -3.60. The van der Waals surface area contributed by atoms with Gasteiger partial charge < -0.3 is 4.90 Å². The van der Waals surface area contributed by atoms with Gasteiger partial charge in [0.15, 0.2) is 0 Å². The van der Waals surface area contributed by atoms with Gasteiger partial charge in [0.25, 0.3) is 0 Å². The Balaban J connectivity index is 1.84. The van der Waals surface area contributed by atoms with Crippen LogP contribution in [-0.4, -0.2) is 21.5 Å². The summed E-state index contributed by atoms with van der Waals surface area (Å²) in [5, 5.41) is 2.37. The third kappa shape index (κ3) is 3.06. The van der Waals surface area contributed by atoms with E-state index >= 15 is 0 Å². The zero-order valence-electron chi connectivity index (χ0n) is 15.6. The molecule has 0 bridgehead atoms. The number of benzene rings is 3. The predicted octanol–water partition coefficient (Wildman–Crippen LogP) is 2.84. The lowest BCUT2D eigenvalue weighted by atomic mass is 10.0. The van der Waals surface area contributed by atoms with Crippen LogP contribution in [0.1, 0.15) is 37.1 Å². The maximum absolute atomic E-state index is 13.1. The lowest BCUT2D eigenvalue weighted by Crippen LogP contribution is -3.12. The minimum absolute atomic E-state index is 0.0691. The number of likely N-dealkylation sites (N-methyl/N-ethyl adjacent to an activating group) is 1. The Bertz CT molecular complexity index is 1050. The van der Waals surface area contributed by atoms with Crippen molar-refractivity contribution < 1.29 is 13.3 Å². The van der Waals surface area contributed by atoms with Crippen LogP contribution >= 0.6 is 0 Å². The van der Waals surface area contributed by atoms with E-state index in [2.05, 4.69) is 48.9 Å². The highest BCUT2D eigenvalue weighted by Crippen LogP contribution is 2.43. The second kappa shape index (κ2) is 7.08. The van der Waals surface area contributed by atoms with Crippen molar-refractivity contribution in [1.29, 1.82) is 0 Å². The molecule has 0 amide bonds. The normalized spacial score (nSPS) is 19.1. The van der Waals surface area contributed by atoms with Crippen LogP contribution in [0.3, 0.4) is 0 Å². The van der Waals surface area contributed by atoms with Crippen LogP contribution in [0.5, 0.6) is 0 Å². The van der Waals surface area contributed by atoms with Gasteiger partial charge in [-0.15, -0.1) is 0 Å². The van der Waals surface area contributed by atoms with Gasteiger partial charge in [0.1, 0.15) is 12.1 Å². The van der Waals surface area contributed by atoms with Crippen molar-refractivity contribution in [3.63, 3.8) is 0 Å². The molecule has 1 aliphatic carbocycles. The van der Waals surface area contributed by atoms with E-state index in [1.165, 1.54) is 21.2 Å². The molecule has 0 spiro atoms. The maximum atomic E-state index is 13.1. The summed E-state index contributed by atoms with van der Waals surface area (Å²) in [5.74, 6) is 0. The van der Waals surface area contributed by atoms with Crippen molar-refractivity contribution in [3.05, 3.63) is 77.9 Å². The van der Waals surface area contributed by atoms with Crippen molar-refractivity contribution >= 4 is 20.8 Å². The smallest absolute Gasteiger partial charge is 0.241 e. The minimum atomic E-state index is -3.60. The molecule has 140 valence electrons. The zero-order chi connectivity index (χ0) is 19.0. The van der Waals surface area contributed by atoms with Crippen molar-refractivity contribution in [2.75, 3.05) is 13.1 Å². The topological polar surface area (TPSA) is 50.6 Å². The van der Waals surface area contributed by atoms with Crippen LogP contribution in [-0.2, 0) is 10.0 Å². The maximum Gasteiger partial charge on any atom is 0.241 e. The lowest BCUT2D eigenvalue weighted by Gasteiger charge is -2.30. The molecular weight excluding hydrogens is 356 g/mol. The number of sulfonamides is 1. The van der Waals surface area contributed by atoms with Crippen molar-refractivity contribution in [3.8, 4) is 0 Å². The van der Waals surface area contributed by atoms with Crippen molar-refractivity contribution in [1.82, 2.24) is 4.72 Å². The molecule has 3 aromatic rings. The Morgan fingerprint density at radius 1 is 0.852 bits per heavy atom. The quantitative estimate of drug-likeness (QED) is 0.690. The number of nitrogens with one attached hydrogen (secondary N) is 2. The van der Waals surface area contributed by atoms with Gasteiger partial charge in [-0.2, -0.15) is 4.72 Å². The molecule has 3 aromatic carbocycles. The van der Waals surface area contributed by atoms with E-state index in [0.717, 1.165) is 18.7 Å². The molecule has 0 aliphatic heterocycles. The summed E-state index contributed by atoms with van der Waals surface area (Å²) >= 11 is 0. The SMILES string of the molecule is CC[NH+](CC)[C@H]1c2cccc3cccc(c23)[C@@H]1NS(=O)(=O)c1ccccc1. The molecule has 0 saturated heterocycles. The Kier molecular flexibility index (Phi) is 4.76. The molecule has 0 saturated carbocycles. The molecular formula is C22H25N2O2S+. The molecule has 27 heavy (non-hydrogen) atoms. The minimum Gasteiger partial charge on any atom is -0.328 e. The van der Waals surface area contributed by atoms with Crippen LogP contribution in [0.25, 0.3) is 10.8 Å². The van der Waals surface area contributed by atoms with Crippen LogP contribution in [0.4, 0.5) is 0 Å². The van der Waals surface area contributed by atoms with Crippen LogP contribution in [0.2, 0.25) is 0 Å². The second-order valence-electron chi connectivity index (χ2n) is 7.05. The summed E-state index contributed by atoms with van der Waals surface area (Å²) in [4.78, 5) is 1.68. The van der Waals surface area contributed by atoms with Crippen molar-refractivity contribution in [2.24, 2.45) is 0 Å². The molecule has 0 fully saturated rings. The summed E-state index contributed by atoms with van der Waals surface area (Å²) in [6, 6.07) is 20.9. The molecule has 0 aromatic heterocycles. The first-order valence-electron chi connectivity index (χ1n) is 9.50. The average Bonchev–Trinajstić information content (AvgIpc) is 2.99. The lowest BCUT2D eigenvalue weighted by molar-refractivity contribution is -0.930. The van der Waals surface area contributed by atoms with Gasteiger partial charge in [-0.1, -0.05) is 54.6 Å². The Labute approximate surface area is 160 Å². The van der Waals surface area contributed by atoms with Crippen LogP contribution in [0.15, 0.2) is 71.6 Å². The Morgan fingerprint density at radius 2 is 1.48 bits per heavy atom. The standard InChI is InChI=1S/C22H24N2O2S/c1-3-24(4-2)22-19-15-9-11-16-10-8-14-18(20(16)19)21(22)23-27(25,26)17-12-6-5-7-13-17/h5-15,21-23H,3-4H2,1-2H3/p+1/t21-,22-/m0/s1. The molecule has 2 atom stereocenters. The molecule has 4 rings (SSSR count). The summed E-state index contributed by atoms with van der Waals surface area (Å²) in [6.45, 7) is 6.19. The third-order valence-electron chi connectivity index (χ3n) is 5.66. The van der Waals surface area contributed by atoms with Gasteiger partial charge in [-0.25, -0.2) is 8.42 Å². The Hall–Kier alpha value is -2.21. The van der Waals surface area contributed by atoms with Gasteiger partial charge in [0.2, 0.25) is 10.0 Å². The number of quaternary nitrogens is 1. The molecule has 1 aliphatic rings. The van der Waals surface area contributed by atoms with E-state index in [9.17, 15) is 8.42 Å². The monoisotopic (exact) mass is 381 g/mol. The fourth-order valence-electron chi connectivity index (χ4n) is 4.39. The van der Waals surface area contributed by atoms with E-state index in [1.54, 1.807) is 24.3 Å². The Morgan fingerprint density at radius 3 is 2.11 bits per heavy atom. The van der Waals surface area contributed by atoms with Gasteiger partial charge in [-0.3, -0.25) is 0 Å². The summed E-state index contributed by atoms with van der Waals surface area (Å²) in [5.41, 5.74) is 2.31. The zero-order valence-corrected chi connectivity index (χ0v) is 16.5. The van der Waals surface area contributed by atoms with Gasteiger partial charge >= 0.3 is 0 Å². The van der Waals surface area contributed by atoms with Gasteiger partial charge in [0, 0.05) is 5.56 Å². The van der Waals surface area contributed by atoms with Crippen LogP contribution in [0, 0.1) is 0 Å². The highest BCUT2D eigenvalue weighted by molar-refractivity contribution is 7.89. The van der Waals surface area contributed by atoms with E-state index in [4.69, 9.17) is 0 Å². The summed E-state index contributed by atoms with van der Waals surface area (Å²) in [6.07, 6.45) is 0. The van der Waals surface area contributed by atoms with E-state index in [1.807, 2.05) is 12.1 Å². The molecule has 4 nitrogen and oxygen atoms in total. The first-order valence-corrected chi connectivity index (χ1v) is 11.0. The average molecular weight is 382 g/mol. The predicted molar refractivity (Wildman–Crippen MR) is 108 cm³/mol. The second-order valence-corrected chi connectivity index (χ2v) is 8.76. The first kappa shape index (κ1) is 18.2. The van der Waals surface area contributed by atoms with Gasteiger partial charge in [-0.05, 0) is 42.3 Å². The summed E-state index contributed by atoms with van der Waals surface area (Å²) < 4.78 is 29.2. The molecule has 5 heteroatoms. The van der Waals surface area contributed by atoms with E-state index < -0.39 is 10.0 Å². The third-order valence-corrected chi connectivity index (χ3v) is 7.11. The van der Waals surface area contributed by atoms with Gasteiger partial charge in [0.05, 0.1) is 18.0 Å². The van der Waals surface area contributed by atoms with Crippen LogP contribution < -0.4 is 9.62 Å². The molecule has 0 heterocycles. The fourth-order valence-corrected chi connectivity index (χ4v) is 5.64. The first-order chi connectivity index (χ1) is 13.1. The molecule has 0 radical (unpaired) electrons. The highest BCUT2D eigenvalue weighted by atomic mass is 32.2. The fraction of sp³-hybridized carbons (Fsp3) is 0.273. The van der Waals surface area contributed by atoms with Crippen molar-refractivity contribution in [2.45, 2.75) is 30.8 Å². The number of hydrogen-bond acceptors (Lipinski definition) is 2. The number of hydrogen-bond donors (Lipinski definition) is 2.